The Morgan fingerprint density at radius 3 is 2.37 bits per heavy atom. The number of halogens is 3. The highest BCUT2D eigenvalue weighted by molar-refractivity contribution is 5.97. The number of hydrogen-bond donors (Lipinski definition) is 2. The second kappa shape index (κ2) is 9.17. The van der Waals surface area contributed by atoms with Crippen LogP contribution in [0.3, 0.4) is 0 Å². The number of amides is 2. The number of carbonyl (C=O) groups is 2. The summed E-state index contributed by atoms with van der Waals surface area (Å²) in [5.74, 6) is -0.451. The van der Waals surface area contributed by atoms with E-state index in [-0.39, 0.29) is 18.4 Å². The van der Waals surface area contributed by atoms with Crippen molar-refractivity contribution < 1.29 is 22.8 Å². The van der Waals surface area contributed by atoms with E-state index in [9.17, 15) is 22.8 Å². The Labute approximate surface area is 172 Å². The van der Waals surface area contributed by atoms with Crippen molar-refractivity contribution >= 4 is 23.2 Å². The molecule has 1 fully saturated rings. The molecule has 0 atom stereocenters. The van der Waals surface area contributed by atoms with Crippen LogP contribution < -0.4 is 15.5 Å². The zero-order chi connectivity index (χ0) is 21.7. The lowest BCUT2D eigenvalue weighted by Gasteiger charge is -2.36. The first-order valence-corrected chi connectivity index (χ1v) is 9.53. The van der Waals surface area contributed by atoms with Crippen LogP contribution in [0.4, 0.5) is 24.5 Å². The third kappa shape index (κ3) is 5.50. The molecule has 0 saturated carbocycles. The summed E-state index contributed by atoms with van der Waals surface area (Å²) >= 11 is 0. The summed E-state index contributed by atoms with van der Waals surface area (Å²) < 4.78 is 38.7. The van der Waals surface area contributed by atoms with E-state index in [2.05, 4.69) is 10.6 Å². The summed E-state index contributed by atoms with van der Waals surface area (Å²) in [6, 6.07) is 11.9. The van der Waals surface area contributed by atoms with Crippen LogP contribution in [0.1, 0.15) is 15.9 Å². The maximum Gasteiger partial charge on any atom is 0.416 e. The molecule has 160 valence electrons. The molecule has 0 unspecified atom stereocenters. The molecule has 2 N–H and O–H groups in total. The molecule has 1 heterocycles. The fourth-order valence-electron chi connectivity index (χ4n) is 3.33. The summed E-state index contributed by atoms with van der Waals surface area (Å²) in [6.07, 6.45) is -4.37. The van der Waals surface area contributed by atoms with Gasteiger partial charge in [0, 0.05) is 50.2 Å². The third-order valence-electron chi connectivity index (χ3n) is 4.91. The number of carbonyl (C=O) groups excluding carboxylic acids is 2. The Morgan fingerprint density at radius 1 is 1.00 bits per heavy atom. The van der Waals surface area contributed by atoms with Gasteiger partial charge < -0.3 is 15.5 Å². The summed E-state index contributed by atoms with van der Waals surface area (Å²) in [5.41, 5.74) is 0.842. The maximum atomic E-state index is 12.9. The van der Waals surface area contributed by atoms with Gasteiger partial charge in [0.15, 0.2) is 0 Å². The van der Waals surface area contributed by atoms with Gasteiger partial charge in [-0.3, -0.25) is 14.5 Å². The van der Waals surface area contributed by atoms with Crippen molar-refractivity contribution in [2.24, 2.45) is 0 Å². The van der Waals surface area contributed by atoms with Crippen molar-refractivity contribution in [3.8, 4) is 0 Å². The van der Waals surface area contributed by atoms with Crippen LogP contribution in [0, 0.1) is 0 Å². The largest absolute Gasteiger partial charge is 0.416 e. The van der Waals surface area contributed by atoms with E-state index in [1.54, 1.807) is 30.3 Å². The van der Waals surface area contributed by atoms with Gasteiger partial charge in [-0.2, -0.15) is 13.2 Å². The lowest BCUT2D eigenvalue weighted by atomic mass is 10.1. The molecule has 0 radical (unpaired) electrons. The molecule has 0 bridgehead atoms. The normalized spacial score (nSPS) is 15.0. The first-order valence-electron chi connectivity index (χ1n) is 9.53. The minimum absolute atomic E-state index is 0.167. The van der Waals surface area contributed by atoms with Crippen LogP contribution in [-0.4, -0.2) is 56.5 Å². The fraction of sp³-hybridized carbons (Fsp3) is 0.333. The van der Waals surface area contributed by atoms with E-state index in [1.165, 1.54) is 13.1 Å². The average molecular weight is 420 g/mol. The number of piperazine rings is 1. The Hall–Kier alpha value is -3.07. The molecule has 0 spiro atoms. The molecule has 3 rings (SSSR count). The molecule has 2 aromatic rings. The monoisotopic (exact) mass is 420 g/mol. The van der Waals surface area contributed by atoms with E-state index in [0.717, 1.165) is 12.1 Å². The number of hydrogen-bond acceptors (Lipinski definition) is 4. The third-order valence-corrected chi connectivity index (χ3v) is 4.91. The van der Waals surface area contributed by atoms with E-state index < -0.39 is 11.7 Å². The van der Waals surface area contributed by atoms with Crippen molar-refractivity contribution in [1.82, 2.24) is 10.2 Å². The highest BCUT2D eigenvalue weighted by Crippen LogP contribution is 2.31. The molecule has 1 aliphatic rings. The van der Waals surface area contributed by atoms with Crippen molar-refractivity contribution in [2.75, 3.05) is 50.0 Å². The van der Waals surface area contributed by atoms with Crippen LogP contribution >= 0.6 is 0 Å². The Balaban J connectivity index is 1.52. The van der Waals surface area contributed by atoms with Gasteiger partial charge in [-0.05, 0) is 36.4 Å². The number of benzene rings is 2. The van der Waals surface area contributed by atoms with Crippen molar-refractivity contribution in [2.45, 2.75) is 6.18 Å². The fourth-order valence-corrected chi connectivity index (χ4v) is 3.33. The number of nitrogens with zero attached hydrogens (tertiary/aromatic N) is 2. The predicted octanol–water partition coefficient (Wildman–Crippen LogP) is 2.83. The summed E-state index contributed by atoms with van der Waals surface area (Å²) in [6.45, 7) is 2.34. The zero-order valence-corrected chi connectivity index (χ0v) is 16.5. The number of rotatable bonds is 5. The van der Waals surface area contributed by atoms with Gasteiger partial charge in [-0.25, -0.2) is 0 Å². The molecular formula is C21H23F3N4O2. The average Bonchev–Trinajstić information content (AvgIpc) is 2.73. The molecule has 1 saturated heterocycles. The highest BCUT2D eigenvalue weighted by atomic mass is 19.4. The van der Waals surface area contributed by atoms with Crippen LogP contribution in [0.5, 0.6) is 0 Å². The van der Waals surface area contributed by atoms with E-state index >= 15 is 0 Å². The Kier molecular flexibility index (Phi) is 6.61. The van der Waals surface area contributed by atoms with E-state index in [4.69, 9.17) is 0 Å². The van der Waals surface area contributed by atoms with Gasteiger partial charge in [0.1, 0.15) is 0 Å². The summed E-state index contributed by atoms with van der Waals surface area (Å²) in [7, 11) is 1.53. The zero-order valence-electron chi connectivity index (χ0n) is 16.5. The standard InChI is InChI=1S/C21H23F3N4O2/c1-25-20(30)15-4-2-6-17(12-15)26-19(29)14-27-8-10-28(11-9-27)18-7-3-5-16(13-18)21(22,23)24/h2-7,12-13H,8-11,14H2,1H3,(H,25,30)(H,26,29). The molecule has 2 amide bonds. The maximum absolute atomic E-state index is 12.9. The first-order chi connectivity index (χ1) is 14.3. The van der Waals surface area contributed by atoms with Crippen molar-refractivity contribution in [1.29, 1.82) is 0 Å². The molecule has 9 heteroatoms. The van der Waals surface area contributed by atoms with E-state index in [0.29, 0.717) is 43.1 Å². The van der Waals surface area contributed by atoms with Crippen LogP contribution in [0.15, 0.2) is 48.5 Å². The molecular weight excluding hydrogens is 397 g/mol. The van der Waals surface area contributed by atoms with Crippen LogP contribution in [0.2, 0.25) is 0 Å². The van der Waals surface area contributed by atoms with Gasteiger partial charge >= 0.3 is 6.18 Å². The minimum Gasteiger partial charge on any atom is -0.369 e. The van der Waals surface area contributed by atoms with Crippen LogP contribution in [0.25, 0.3) is 0 Å². The Morgan fingerprint density at radius 2 is 1.70 bits per heavy atom. The quantitative estimate of drug-likeness (QED) is 0.781. The van der Waals surface area contributed by atoms with E-state index in [1.807, 2.05) is 9.80 Å². The highest BCUT2D eigenvalue weighted by Gasteiger charge is 2.31. The molecule has 6 nitrogen and oxygen atoms in total. The van der Waals surface area contributed by atoms with Gasteiger partial charge in [0.25, 0.3) is 5.91 Å². The molecule has 0 aromatic heterocycles. The van der Waals surface area contributed by atoms with Crippen LogP contribution in [-0.2, 0) is 11.0 Å². The molecule has 1 aliphatic heterocycles. The van der Waals surface area contributed by atoms with Gasteiger partial charge in [-0.1, -0.05) is 12.1 Å². The number of alkyl halides is 3. The molecule has 0 aliphatic carbocycles. The number of anilines is 2. The van der Waals surface area contributed by atoms with Crippen molar-refractivity contribution in [3.63, 3.8) is 0 Å². The smallest absolute Gasteiger partial charge is 0.369 e. The SMILES string of the molecule is CNC(=O)c1cccc(NC(=O)CN2CCN(c3cccc(C(F)(F)F)c3)CC2)c1. The summed E-state index contributed by atoms with van der Waals surface area (Å²) in [4.78, 5) is 27.9. The van der Waals surface area contributed by atoms with Gasteiger partial charge in [-0.15, -0.1) is 0 Å². The minimum atomic E-state index is -4.37. The second-order valence-corrected chi connectivity index (χ2v) is 7.02. The lowest BCUT2D eigenvalue weighted by molar-refractivity contribution is -0.137. The lowest BCUT2D eigenvalue weighted by Crippen LogP contribution is -2.48. The Bertz CT molecular complexity index is 909. The number of nitrogens with one attached hydrogen (secondary N) is 2. The van der Waals surface area contributed by atoms with Gasteiger partial charge in [0.05, 0.1) is 12.1 Å². The molecule has 2 aromatic carbocycles. The second-order valence-electron chi connectivity index (χ2n) is 7.02. The first kappa shape index (κ1) is 21.6. The predicted molar refractivity (Wildman–Crippen MR) is 109 cm³/mol. The molecule has 30 heavy (non-hydrogen) atoms. The van der Waals surface area contributed by atoms with Gasteiger partial charge in [0.2, 0.25) is 5.91 Å². The van der Waals surface area contributed by atoms with Crippen molar-refractivity contribution in [3.05, 3.63) is 59.7 Å². The summed E-state index contributed by atoms with van der Waals surface area (Å²) in [5, 5.41) is 5.31. The topological polar surface area (TPSA) is 64.7 Å².